The largest absolute Gasteiger partial charge is 0.485 e. The van der Waals surface area contributed by atoms with E-state index in [0.29, 0.717) is 5.56 Å². The Kier molecular flexibility index (Phi) is 4.36. The summed E-state index contributed by atoms with van der Waals surface area (Å²) in [6.07, 6.45) is 0. The number of benzene rings is 2. The van der Waals surface area contributed by atoms with Crippen LogP contribution in [0.15, 0.2) is 30.3 Å². The second kappa shape index (κ2) is 6.04. The average molecular weight is 290 g/mol. The van der Waals surface area contributed by atoms with Crippen LogP contribution in [-0.4, -0.2) is 12.4 Å². The molecular formula is C17H16F2O2. The van der Waals surface area contributed by atoms with Crippen LogP contribution in [0.1, 0.15) is 27.0 Å². The number of rotatable bonds is 4. The zero-order chi connectivity index (χ0) is 15.6. The Balaban J connectivity index is 2.11. The van der Waals surface area contributed by atoms with E-state index in [0.717, 1.165) is 28.8 Å². The number of carbonyl (C=O) groups excluding carboxylic acids is 1. The molecule has 2 aromatic rings. The van der Waals surface area contributed by atoms with Gasteiger partial charge in [0.15, 0.2) is 24.0 Å². The van der Waals surface area contributed by atoms with Crippen molar-refractivity contribution in [2.45, 2.75) is 20.8 Å². The minimum atomic E-state index is -0.998. The van der Waals surface area contributed by atoms with Crippen molar-refractivity contribution >= 4 is 5.78 Å². The van der Waals surface area contributed by atoms with Crippen molar-refractivity contribution in [2.24, 2.45) is 0 Å². The molecule has 0 spiro atoms. The van der Waals surface area contributed by atoms with Gasteiger partial charge in [0.25, 0.3) is 0 Å². The van der Waals surface area contributed by atoms with Gasteiger partial charge in [-0.05, 0) is 55.7 Å². The van der Waals surface area contributed by atoms with Gasteiger partial charge in [-0.3, -0.25) is 4.79 Å². The molecule has 0 aliphatic rings. The van der Waals surface area contributed by atoms with Gasteiger partial charge in [-0.2, -0.15) is 0 Å². The van der Waals surface area contributed by atoms with Gasteiger partial charge in [-0.25, -0.2) is 8.78 Å². The maximum Gasteiger partial charge on any atom is 0.200 e. The van der Waals surface area contributed by atoms with Crippen LogP contribution in [0.4, 0.5) is 8.78 Å². The van der Waals surface area contributed by atoms with Gasteiger partial charge in [-0.1, -0.05) is 6.07 Å². The van der Waals surface area contributed by atoms with Crippen molar-refractivity contribution in [2.75, 3.05) is 6.61 Å². The summed E-state index contributed by atoms with van der Waals surface area (Å²) in [4.78, 5) is 12.2. The fourth-order valence-corrected chi connectivity index (χ4v) is 2.05. The molecule has 4 heteroatoms. The highest BCUT2D eigenvalue weighted by Gasteiger charge is 2.12. The molecule has 0 saturated heterocycles. The topological polar surface area (TPSA) is 26.3 Å². The van der Waals surface area contributed by atoms with E-state index in [9.17, 15) is 13.6 Å². The van der Waals surface area contributed by atoms with Crippen molar-refractivity contribution in [3.63, 3.8) is 0 Å². The zero-order valence-corrected chi connectivity index (χ0v) is 12.2. The second-order valence-electron chi connectivity index (χ2n) is 5.04. The van der Waals surface area contributed by atoms with Crippen molar-refractivity contribution < 1.29 is 18.3 Å². The van der Waals surface area contributed by atoms with Gasteiger partial charge in [-0.15, -0.1) is 0 Å². The third kappa shape index (κ3) is 3.45. The Morgan fingerprint density at radius 2 is 1.62 bits per heavy atom. The molecule has 0 fully saturated rings. The normalized spacial score (nSPS) is 10.5. The number of carbonyl (C=O) groups is 1. The minimum absolute atomic E-state index is 0.128. The lowest BCUT2D eigenvalue weighted by Crippen LogP contribution is -2.13. The zero-order valence-electron chi connectivity index (χ0n) is 12.2. The Hall–Kier alpha value is -2.23. The van der Waals surface area contributed by atoms with Crippen molar-refractivity contribution in [3.05, 3.63) is 64.2 Å². The van der Waals surface area contributed by atoms with Crippen molar-refractivity contribution in [1.82, 2.24) is 0 Å². The van der Waals surface area contributed by atoms with E-state index < -0.39 is 11.6 Å². The van der Waals surface area contributed by atoms with Crippen LogP contribution in [0.3, 0.4) is 0 Å². The number of hydrogen-bond donors (Lipinski definition) is 0. The standard InChI is InChI=1S/C17H16F2O2/c1-10-6-12(3)14(7-11(10)2)17(20)9-21-13-4-5-15(18)16(19)8-13/h4-8H,9H2,1-3H3. The monoisotopic (exact) mass is 290 g/mol. The summed E-state index contributed by atoms with van der Waals surface area (Å²) < 4.78 is 31.1. The van der Waals surface area contributed by atoms with Gasteiger partial charge < -0.3 is 4.74 Å². The molecule has 2 nitrogen and oxygen atoms in total. The molecule has 2 aromatic carbocycles. The maximum absolute atomic E-state index is 13.0. The predicted octanol–water partition coefficient (Wildman–Crippen LogP) is 4.15. The highest BCUT2D eigenvalue weighted by molar-refractivity contribution is 5.98. The van der Waals surface area contributed by atoms with Crippen LogP contribution in [0.5, 0.6) is 5.75 Å². The molecule has 110 valence electrons. The van der Waals surface area contributed by atoms with Crippen LogP contribution in [0.25, 0.3) is 0 Å². The summed E-state index contributed by atoms with van der Waals surface area (Å²) in [5.74, 6) is -2.01. The lowest BCUT2D eigenvalue weighted by Gasteiger charge is -2.10. The molecule has 0 radical (unpaired) electrons. The molecule has 0 unspecified atom stereocenters. The molecule has 0 saturated carbocycles. The number of halogens is 2. The van der Waals surface area contributed by atoms with E-state index in [1.54, 1.807) is 0 Å². The molecule has 0 N–H and O–H groups in total. The predicted molar refractivity (Wildman–Crippen MR) is 76.8 cm³/mol. The molecule has 0 amide bonds. The molecule has 0 atom stereocenters. The average Bonchev–Trinajstić information content (AvgIpc) is 2.44. The van der Waals surface area contributed by atoms with Crippen LogP contribution in [0, 0.1) is 32.4 Å². The number of hydrogen-bond acceptors (Lipinski definition) is 2. The summed E-state index contributed by atoms with van der Waals surface area (Å²) in [7, 11) is 0. The molecule has 21 heavy (non-hydrogen) atoms. The van der Waals surface area contributed by atoms with E-state index in [1.807, 2.05) is 32.9 Å². The minimum Gasteiger partial charge on any atom is -0.485 e. The third-order valence-corrected chi connectivity index (χ3v) is 3.40. The lowest BCUT2D eigenvalue weighted by molar-refractivity contribution is 0.0920. The SMILES string of the molecule is Cc1cc(C)c(C(=O)COc2ccc(F)c(F)c2)cc1C. The van der Waals surface area contributed by atoms with E-state index in [-0.39, 0.29) is 18.1 Å². The van der Waals surface area contributed by atoms with Crippen LogP contribution >= 0.6 is 0 Å². The molecule has 2 rings (SSSR count). The highest BCUT2D eigenvalue weighted by atomic mass is 19.2. The summed E-state index contributed by atoms with van der Waals surface area (Å²) in [5.41, 5.74) is 3.60. The van der Waals surface area contributed by atoms with Crippen molar-refractivity contribution in [1.29, 1.82) is 0 Å². The summed E-state index contributed by atoms with van der Waals surface area (Å²) >= 11 is 0. The third-order valence-electron chi connectivity index (χ3n) is 3.40. The first kappa shape index (κ1) is 15.2. The van der Waals surface area contributed by atoms with Gasteiger partial charge in [0.1, 0.15) is 5.75 Å². The summed E-state index contributed by atoms with van der Waals surface area (Å²) in [6.45, 7) is 5.56. The first-order valence-corrected chi connectivity index (χ1v) is 6.57. The Bertz CT molecular complexity index is 693. The van der Waals surface area contributed by atoms with Gasteiger partial charge in [0, 0.05) is 11.6 Å². The highest BCUT2D eigenvalue weighted by Crippen LogP contribution is 2.18. The van der Waals surface area contributed by atoms with Crippen molar-refractivity contribution in [3.8, 4) is 5.75 Å². The molecule has 0 aliphatic carbocycles. The maximum atomic E-state index is 13.0. The molecule has 0 aromatic heterocycles. The smallest absolute Gasteiger partial charge is 0.200 e. The van der Waals surface area contributed by atoms with Gasteiger partial charge >= 0.3 is 0 Å². The quantitative estimate of drug-likeness (QED) is 0.791. The molecule has 0 bridgehead atoms. The first-order valence-electron chi connectivity index (χ1n) is 6.57. The summed E-state index contributed by atoms with van der Waals surface area (Å²) in [6, 6.07) is 6.95. The fourth-order valence-electron chi connectivity index (χ4n) is 2.05. The Morgan fingerprint density at radius 1 is 0.952 bits per heavy atom. The number of Topliss-reactive ketones (excluding diaryl/α,β-unsaturated/α-hetero) is 1. The number of ether oxygens (including phenoxy) is 1. The number of aryl methyl sites for hydroxylation is 3. The molecule has 0 heterocycles. The fraction of sp³-hybridized carbons (Fsp3) is 0.235. The van der Waals surface area contributed by atoms with Crippen LogP contribution in [-0.2, 0) is 0 Å². The van der Waals surface area contributed by atoms with Gasteiger partial charge in [0.2, 0.25) is 0 Å². The van der Waals surface area contributed by atoms with Gasteiger partial charge in [0.05, 0.1) is 0 Å². The summed E-state index contributed by atoms with van der Waals surface area (Å²) in [5, 5.41) is 0. The Morgan fingerprint density at radius 3 is 2.29 bits per heavy atom. The van der Waals surface area contributed by atoms with Crippen LogP contribution < -0.4 is 4.74 Å². The molecule has 0 aliphatic heterocycles. The Labute approximate surface area is 122 Å². The number of ketones is 1. The van der Waals surface area contributed by atoms with E-state index in [4.69, 9.17) is 4.74 Å². The van der Waals surface area contributed by atoms with Crippen LogP contribution in [0.2, 0.25) is 0 Å². The lowest BCUT2D eigenvalue weighted by atomic mass is 9.98. The van der Waals surface area contributed by atoms with E-state index in [2.05, 4.69) is 0 Å². The first-order chi connectivity index (χ1) is 9.88. The molecular weight excluding hydrogens is 274 g/mol. The van der Waals surface area contributed by atoms with E-state index >= 15 is 0 Å². The second-order valence-corrected chi connectivity index (χ2v) is 5.04. The van der Waals surface area contributed by atoms with E-state index in [1.165, 1.54) is 6.07 Å².